The van der Waals surface area contributed by atoms with E-state index in [-0.39, 0.29) is 19.2 Å². The van der Waals surface area contributed by atoms with Crippen molar-refractivity contribution >= 4 is 8.07 Å². The molecule has 4 bridgehead atoms. The Morgan fingerprint density at radius 1 is 0.778 bits per heavy atom. The van der Waals surface area contributed by atoms with Gasteiger partial charge in [0.15, 0.2) is 0 Å². The van der Waals surface area contributed by atoms with Crippen LogP contribution in [0, 0.1) is 0 Å². The average Bonchev–Trinajstić information content (AvgIpc) is 2.67. The van der Waals surface area contributed by atoms with Crippen LogP contribution in [-0.4, -0.2) is 8.07 Å². The van der Waals surface area contributed by atoms with Gasteiger partial charge in [0.25, 0.3) is 0 Å². The molecule has 0 N–H and O–H groups in total. The Labute approximate surface area is 121 Å². The molecule has 0 spiro atoms. The van der Waals surface area contributed by atoms with E-state index >= 15 is 0 Å². The molecule has 0 amide bonds. The Kier molecular flexibility index (Phi) is 2.83. The van der Waals surface area contributed by atoms with Gasteiger partial charge in [0.2, 0.25) is 0 Å². The maximum atomic E-state index is 2.58. The van der Waals surface area contributed by atoms with Crippen molar-refractivity contribution in [2.75, 3.05) is 0 Å². The third-order valence-electron chi connectivity index (χ3n) is 4.94. The van der Waals surface area contributed by atoms with Crippen LogP contribution in [-0.2, 0) is 19.2 Å². The molecule has 0 aromatic carbocycles. The minimum atomic E-state index is -1.44. The standard InChI is InChI=1S/C16H22Si.Ti/c1-11-7-8-12(2)15(11)17(5,6)16-13(3)9-10-14(16)4;/h7,9H2,1-6H3;. The summed E-state index contributed by atoms with van der Waals surface area (Å²) in [5.41, 5.74) is 6.82. The molecule has 0 atom stereocenters. The van der Waals surface area contributed by atoms with Gasteiger partial charge < -0.3 is 0 Å². The van der Waals surface area contributed by atoms with E-state index in [2.05, 4.69) is 40.8 Å². The molecule has 2 aliphatic carbocycles. The van der Waals surface area contributed by atoms with Gasteiger partial charge in [-0.1, -0.05) is 0 Å². The third kappa shape index (κ3) is 1.54. The Morgan fingerprint density at radius 3 is 1.56 bits per heavy atom. The van der Waals surface area contributed by atoms with Crippen LogP contribution in [0.2, 0.25) is 13.1 Å². The first kappa shape index (κ1) is 12.9. The van der Waals surface area contributed by atoms with E-state index < -0.39 is 8.07 Å². The van der Waals surface area contributed by atoms with Crippen LogP contribution >= 0.6 is 0 Å². The summed E-state index contributed by atoms with van der Waals surface area (Å²) >= 11 is -0.00759. The molecule has 94 valence electrons. The average molecular weight is 290 g/mol. The predicted octanol–water partition coefficient (Wildman–Crippen LogP) is 4.86. The summed E-state index contributed by atoms with van der Waals surface area (Å²) in [7, 11) is -1.44. The van der Waals surface area contributed by atoms with Crippen molar-refractivity contribution in [3.63, 3.8) is 0 Å². The zero-order chi connectivity index (χ0) is 13.2. The van der Waals surface area contributed by atoms with Gasteiger partial charge in [-0.15, -0.1) is 0 Å². The van der Waals surface area contributed by atoms with E-state index in [1.165, 1.54) is 12.8 Å². The molecular formula is C16H22SiTi. The molecular weight excluding hydrogens is 268 g/mol. The minimum absolute atomic E-state index is 0.00759. The fourth-order valence-electron chi connectivity index (χ4n) is 4.50. The molecule has 2 heteroatoms. The van der Waals surface area contributed by atoms with Gasteiger partial charge in [0.1, 0.15) is 0 Å². The van der Waals surface area contributed by atoms with Crippen LogP contribution in [0.3, 0.4) is 0 Å². The number of rotatable bonds is 0. The normalized spacial score (nSPS) is 25.9. The van der Waals surface area contributed by atoms with E-state index in [1.807, 2.05) is 7.76 Å². The van der Waals surface area contributed by atoms with Crippen molar-refractivity contribution in [3.8, 4) is 0 Å². The second-order valence-electron chi connectivity index (χ2n) is 6.62. The molecule has 1 aliphatic heterocycles. The summed E-state index contributed by atoms with van der Waals surface area (Å²) in [6.07, 6.45) is 2.61. The molecule has 1 heterocycles. The van der Waals surface area contributed by atoms with Crippen molar-refractivity contribution < 1.29 is 19.2 Å². The summed E-state index contributed by atoms with van der Waals surface area (Å²) in [6, 6.07) is 0. The topological polar surface area (TPSA) is 0 Å². The van der Waals surface area contributed by atoms with E-state index in [0.29, 0.717) is 0 Å². The van der Waals surface area contributed by atoms with Gasteiger partial charge in [0.05, 0.1) is 0 Å². The fourth-order valence-corrected chi connectivity index (χ4v) is 12.3. The second-order valence-corrected chi connectivity index (χ2v) is 13.1. The summed E-state index contributed by atoms with van der Waals surface area (Å²) in [4.78, 5) is 0. The van der Waals surface area contributed by atoms with Crippen LogP contribution in [0.1, 0.15) is 40.5 Å². The zero-order valence-electron chi connectivity index (χ0n) is 12.4. The van der Waals surface area contributed by atoms with Crippen molar-refractivity contribution in [2.24, 2.45) is 0 Å². The maximum absolute atomic E-state index is 2.58. The molecule has 3 aliphatic rings. The predicted molar refractivity (Wildman–Crippen MR) is 77.5 cm³/mol. The van der Waals surface area contributed by atoms with Gasteiger partial charge >= 0.3 is 121 Å². The van der Waals surface area contributed by atoms with Crippen molar-refractivity contribution in [1.29, 1.82) is 0 Å². The van der Waals surface area contributed by atoms with Gasteiger partial charge in [-0.25, -0.2) is 0 Å². The Bertz CT molecular complexity index is 532. The van der Waals surface area contributed by atoms with Crippen LogP contribution in [0.4, 0.5) is 0 Å². The van der Waals surface area contributed by atoms with Crippen LogP contribution in [0.5, 0.6) is 0 Å². The second kappa shape index (κ2) is 3.94. The number of allylic oxidation sites excluding steroid dienone is 8. The molecule has 3 rings (SSSR count). The van der Waals surface area contributed by atoms with Crippen molar-refractivity contribution in [3.05, 3.63) is 40.4 Å². The van der Waals surface area contributed by atoms with Crippen LogP contribution in [0.15, 0.2) is 40.4 Å². The van der Waals surface area contributed by atoms with E-state index in [0.717, 1.165) is 0 Å². The SMILES string of the molecule is CC1=C2C(C)=[C](C1)[Ti][C]1=C(C)C(=C(C)C1)[Si]2(C)C. The Hall–Kier alpha value is -0.109. The van der Waals surface area contributed by atoms with Crippen LogP contribution < -0.4 is 0 Å². The Morgan fingerprint density at radius 2 is 1.17 bits per heavy atom. The van der Waals surface area contributed by atoms with E-state index in [4.69, 9.17) is 0 Å². The molecule has 0 nitrogen and oxygen atoms in total. The summed E-state index contributed by atoms with van der Waals surface area (Å²) in [5.74, 6) is 0. The van der Waals surface area contributed by atoms with E-state index in [1.54, 1.807) is 32.7 Å². The molecule has 0 fully saturated rings. The van der Waals surface area contributed by atoms with Crippen molar-refractivity contribution in [1.82, 2.24) is 0 Å². The Balaban J connectivity index is 2.31. The summed E-state index contributed by atoms with van der Waals surface area (Å²) < 4.78 is 3.68. The molecule has 0 unspecified atom stereocenters. The molecule has 0 saturated heterocycles. The first-order valence-electron chi connectivity index (χ1n) is 6.91. The molecule has 18 heavy (non-hydrogen) atoms. The van der Waals surface area contributed by atoms with Gasteiger partial charge in [0, 0.05) is 0 Å². The van der Waals surface area contributed by atoms with Crippen molar-refractivity contribution in [2.45, 2.75) is 53.6 Å². The van der Waals surface area contributed by atoms with Gasteiger partial charge in [-0.05, 0) is 0 Å². The quantitative estimate of drug-likeness (QED) is 0.559. The van der Waals surface area contributed by atoms with E-state index in [9.17, 15) is 0 Å². The number of hydrogen-bond acceptors (Lipinski definition) is 0. The first-order chi connectivity index (χ1) is 8.34. The summed E-state index contributed by atoms with van der Waals surface area (Å²) in [5, 5.41) is 3.60. The molecule has 0 radical (unpaired) electrons. The fraction of sp³-hybridized carbons (Fsp3) is 0.500. The van der Waals surface area contributed by atoms with Gasteiger partial charge in [-0.2, -0.15) is 0 Å². The van der Waals surface area contributed by atoms with Gasteiger partial charge in [-0.3, -0.25) is 0 Å². The molecule has 0 aromatic rings. The molecule has 0 aromatic heterocycles. The molecule has 0 saturated carbocycles. The first-order valence-corrected chi connectivity index (χ1v) is 11.5. The third-order valence-corrected chi connectivity index (χ3v) is 11.7. The monoisotopic (exact) mass is 290 g/mol. The van der Waals surface area contributed by atoms with Crippen LogP contribution in [0.25, 0.3) is 0 Å². The number of hydrogen-bond donors (Lipinski definition) is 0. The number of fused-ring (bicyclic) bond motifs is 2. The zero-order valence-corrected chi connectivity index (χ0v) is 15.0. The summed E-state index contributed by atoms with van der Waals surface area (Å²) in [6.45, 7) is 14.8.